The van der Waals surface area contributed by atoms with Crippen LogP contribution >= 0.6 is 0 Å². The average Bonchev–Trinajstić information content (AvgIpc) is 2.56. The van der Waals surface area contributed by atoms with Crippen molar-refractivity contribution in [1.29, 1.82) is 0 Å². The molecule has 2 aromatic rings. The van der Waals surface area contributed by atoms with Crippen LogP contribution in [-0.4, -0.2) is 23.7 Å². The molecule has 1 N–H and O–H groups in total. The number of nitro benzene ring substituents is 1. The number of aldehydes is 1. The summed E-state index contributed by atoms with van der Waals surface area (Å²) in [5.74, 6) is -3.12. The van der Waals surface area contributed by atoms with Crippen LogP contribution in [0.2, 0.25) is 0 Å². The molecule has 0 saturated carbocycles. The summed E-state index contributed by atoms with van der Waals surface area (Å²) in [6, 6.07) is 6.27. The molecule has 1 amide bonds. The van der Waals surface area contributed by atoms with Crippen LogP contribution in [0, 0.1) is 21.7 Å². The number of halogens is 2. The summed E-state index contributed by atoms with van der Waals surface area (Å²) in [4.78, 5) is 32.5. The standard InChI is InChI=1S/C15H10F2N2O5/c16-11-3-2-10(6-12(11)17)18-15(21)8-24-14-4-1-9(7-20)5-13(14)19(22)23/h1-7H,8H2,(H,18,21). The van der Waals surface area contributed by atoms with Gasteiger partial charge in [0.2, 0.25) is 0 Å². The first-order chi connectivity index (χ1) is 11.4. The smallest absolute Gasteiger partial charge is 0.311 e. The van der Waals surface area contributed by atoms with E-state index < -0.39 is 34.8 Å². The molecule has 0 atom stereocenters. The highest BCUT2D eigenvalue weighted by molar-refractivity contribution is 5.91. The van der Waals surface area contributed by atoms with E-state index in [4.69, 9.17) is 4.74 Å². The molecule has 0 unspecified atom stereocenters. The van der Waals surface area contributed by atoms with E-state index in [2.05, 4.69) is 5.32 Å². The van der Waals surface area contributed by atoms with Crippen molar-refractivity contribution in [2.24, 2.45) is 0 Å². The lowest BCUT2D eigenvalue weighted by Gasteiger charge is -2.08. The first kappa shape index (κ1) is 17.0. The molecule has 0 heterocycles. The molecule has 0 fully saturated rings. The number of benzene rings is 2. The van der Waals surface area contributed by atoms with E-state index >= 15 is 0 Å². The summed E-state index contributed by atoms with van der Waals surface area (Å²) < 4.78 is 30.9. The van der Waals surface area contributed by atoms with Gasteiger partial charge in [0.1, 0.15) is 6.29 Å². The first-order valence-corrected chi connectivity index (χ1v) is 6.52. The zero-order chi connectivity index (χ0) is 17.7. The second-order valence-electron chi connectivity index (χ2n) is 4.57. The molecule has 2 aromatic carbocycles. The van der Waals surface area contributed by atoms with Crippen LogP contribution in [0.1, 0.15) is 10.4 Å². The summed E-state index contributed by atoms with van der Waals surface area (Å²) in [6.07, 6.45) is 0.437. The Bertz CT molecular complexity index is 810. The topological polar surface area (TPSA) is 98.5 Å². The van der Waals surface area contributed by atoms with Crippen LogP contribution in [0.25, 0.3) is 0 Å². The van der Waals surface area contributed by atoms with Crippen molar-refractivity contribution in [1.82, 2.24) is 0 Å². The Morgan fingerprint density at radius 1 is 1.21 bits per heavy atom. The Morgan fingerprint density at radius 2 is 1.96 bits per heavy atom. The number of nitrogens with one attached hydrogen (secondary N) is 1. The molecule has 0 aromatic heterocycles. The number of hydrogen-bond acceptors (Lipinski definition) is 5. The van der Waals surface area contributed by atoms with Crippen molar-refractivity contribution in [3.63, 3.8) is 0 Å². The molecule has 124 valence electrons. The molecule has 0 radical (unpaired) electrons. The first-order valence-electron chi connectivity index (χ1n) is 6.52. The van der Waals surface area contributed by atoms with E-state index in [9.17, 15) is 28.5 Å². The van der Waals surface area contributed by atoms with Gasteiger partial charge in [-0.25, -0.2) is 8.78 Å². The van der Waals surface area contributed by atoms with Crippen molar-refractivity contribution in [2.75, 3.05) is 11.9 Å². The highest BCUT2D eigenvalue weighted by Gasteiger charge is 2.17. The summed E-state index contributed by atoms with van der Waals surface area (Å²) in [5, 5.41) is 13.2. The lowest BCUT2D eigenvalue weighted by molar-refractivity contribution is -0.385. The molecule has 0 aliphatic rings. The van der Waals surface area contributed by atoms with Crippen LogP contribution in [0.15, 0.2) is 36.4 Å². The van der Waals surface area contributed by atoms with Crippen molar-refractivity contribution in [3.8, 4) is 5.75 Å². The lowest BCUT2D eigenvalue weighted by Crippen LogP contribution is -2.20. The minimum absolute atomic E-state index is 0.00769. The molecule has 0 bridgehead atoms. The van der Waals surface area contributed by atoms with Crippen LogP contribution in [-0.2, 0) is 4.79 Å². The SMILES string of the molecule is O=Cc1ccc(OCC(=O)Nc2ccc(F)c(F)c2)c([N+](=O)[O-])c1. The summed E-state index contributed by atoms with van der Waals surface area (Å²) in [5.41, 5.74) is -0.381. The number of carbonyl (C=O) groups is 2. The molecule has 2 rings (SSSR count). The van der Waals surface area contributed by atoms with Crippen molar-refractivity contribution < 1.29 is 28.0 Å². The number of rotatable bonds is 6. The number of nitro groups is 1. The fourth-order valence-electron chi connectivity index (χ4n) is 1.79. The van der Waals surface area contributed by atoms with Gasteiger partial charge in [0.25, 0.3) is 5.91 Å². The fourth-order valence-corrected chi connectivity index (χ4v) is 1.79. The summed E-state index contributed by atoms with van der Waals surface area (Å²) in [7, 11) is 0. The second kappa shape index (κ2) is 7.27. The Hall–Kier alpha value is -3.36. The minimum atomic E-state index is -1.13. The van der Waals surface area contributed by atoms with Gasteiger partial charge in [-0.15, -0.1) is 0 Å². The molecule has 0 aliphatic heterocycles. The lowest BCUT2D eigenvalue weighted by atomic mass is 10.2. The van der Waals surface area contributed by atoms with Crippen LogP contribution in [0.4, 0.5) is 20.2 Å². The predicted octanol–water partition coefficient (Wildman–Crippen LogP) is 2.70. The molecule has 0 saturated heterocycles. The van der Waals surface area contributed by atoms with Crippen LogP contribution in [0.3, 0.4) is 0 Å². The maximum absolute atomic E-state index is 13.0. The number of carbonyl (C=O) groups excluding carboxylic acids is 2. The predicted molar refractivity (Wildman–Crippen MR) is 79.0 cm³/mol. The monoisotopic (exact) mass is 336 g/mol. The zero-order valence-electron chi connectivity index (χ0n) is 12.0. The Balaban J connectivity index is 2.04. The third-order valence-corrected chi connectivity index (χ3v) is 2.88. The molecular weight excluding hydrogens is 326 g/mol. The number of ether oxygens (including phenoxy) is 1. The second-order valence-corrected chi connectivity index (χ2v) is 4.57. The third kappa shape index (κ3) is 4.09. The van der Waals surface area contributed by atoms with Gasteiger partial charge in [-0.2, -0.15) is 0 Å². The number of hydrogen-bond donors (Lipinski definition) is 1. The molecule has 0 aliphatic carbocycles. The number of anilines is 1. The molecular formula is C15H10F2N2O5. The largest absolute Gasteiger partial charge is 0.477 e. The van der Waals surface area contributed by atoms with Gasteiger partial charge < -0.3 is 10.1 Å². The quantitative estimate of drug-likeness (QED) is 0.497. The number of nitrogens with zero attached hydrogens (tertiary/aromatic N) is 1. The van der Waals surface area contributed by atoms with E-state index in [1.807, 2.05) is 0 Å². The van der Waals surface area contributed by atoms with Gasteiger partial charge in [0, 0.05) is 23.4 Å². The third-order valence-electron chi connectivity index (χ3n) is 2.88. The zero-order valence-corrected chi connectivity index (χ0v) is 12.0. The van der Waals surface area contributed by atoms with Gasteiger partial charge >= 0.3 is 5.69 Å². The van der Waals surface area contributed by atoms with E-state index in [0.717, 1.165) is 24.3 Å². The van der Waals surface area contributed by atoms with Gasteiger partial charge in [-0.1, -0.05) is 0 Å². The fraction of sp³-hybridized carbons (Fsp3) is 0.0667. The van der Waals surface area contributed by atoms with Gasteiger partial charge in [0.05, 0.1) is 4.92 Å². The minimum Gasteiger partial charge on any atom is -0.477 e. The van der Waals surface area contributed by atoms with E-state index in [0.29, 0.717) is 6.29 Å². The summed E-state index contributed by atoms with van der Waals surface area (Å²) >= 11 is 0. The summed E-state index contributed by atoms with van der Waals surface area (Å²) in [6.45, 7) is -0.597. The van der Waals surface area contributed by atoms with Crippen LogP contribution in [0.5, 0.6) is 5.75 Å². The molecule has 0 spiro atoms. The maximum atomic E-state index is 13.0. The number of amides is 1. The molecule has 24 heavy (non-hydrogen) atoms. The molecule has 9 heteroatoms. The Morgan fingerprint density at radius 3 is 2.58 bits per heavy atom. The molecule has 7 nitrogen and oxygen atoms in total. The van der Waals surface area contributed by atoms with Crippen molar-refractivity contribution in [3.05, 3.63) is 63.7 Å². The van der Waals surface area contributed by atoms with Gasteiger partial charge in [-0.05, 0) is 24.3 Å². The highest BCUT2D eigenvalue weighted by Crippen LogP contribution is 2.27. The average molecular weight is 336 g/mol. The van der Waals surface area contributed by atoms with Gasteiger partial charge in [0.15, 0.2) is 24.0 Å². The van der Waals surface area contributed by atoms with E-state index in [1.165, 1.54) is 12.1 Å². The normalized spacial score (nSPS) is 10.1. The Kier molecular flexibility index (Phi) is 5.15. The van der Waals surface area contributed by atoms with Crippen molar-refractivity contribution >= 4 is 23.6 Å². The van der Waals surface area contributed by atoms with E-state index in [-0.39, 0.29) is 17.0 Å². The van der Waals surface area contributed by atoms with Crippen molar-refractivity contribution in [2.45, 2.75) is 0 Å². The van der Waals surface area contributed by atoms with Gasteiger partial charge in [-0.3, -0.25) is 19.7 Å². The maximum Gasteiger partial charge on any atom is 0.311 e. The van der Waals surface area contributed by atoms with Crippen LogP contribution < -0.4 is 10.1 Å². The highest BCUT2D eigenvalue weighted by atomic mass is 19.2. The van der Waals surface area contributed by atoms with E-state index in [1.54, 1.807) is 0 Å². The Labute approximate surface area is 134 Å².